The Morgan fingerprint density at radius 3 is 2.34 bits per heavy atom. The van der Waals surface area contributed by atoms with E-state index in [1.165, 1.54) is 14.0 Å². The van der Waals surface area contributed by atoms with Gasteiger partial charge in [0.1, 0.15) is 12.7 Å². The van der Waals surface area contributed by atoms with Crippen LogP contribution in [0.4, 0.5) is 19.1 Å². The van der Waals surface area contributed by atoms with Crippen molar-refractivity contribution >= 4 is 22.8 Å². The maximum absolute atomic E-state index is 12.9. The number of hydrogen-bond donors (Lipinski definition) is 2. The smallest absolute Gasteiger partial charge is 0.391 e. The number of anilines is 1. The predicted molar refractivity (Wildman–Crippen MR) is 149 cm³/mol. The highest BCUT2D eigenvalue weighted by molar-refractivity contribution is 5.86. The third kappa shape index (κ3) is 7.38. The molecule has 2 aromatic heterocycles. The van der Waals surface area contributed by atoms with Crippen LogP contribution in [0.5, 0.6) is 5.88 Å². The summed E-state index contributed by atoms with van der Waals surface area (Å²) in [4.78, 5) is 28.5. The Hall–Kier alpha value is -2.73. The molecule has 0 unspecified atom stereocenters. The zero-order valence-corrected chi connectivity index (χ0v) is 24.7. The first-order chi connectivity index (χ1) is 19.1. The number of halogens is 3. The normalized spacial score (nSPS) is 23.8. The molecule has 12 heteroatoms. The molecule has 4 rings (SSSR count). The van der Waals surface area contributed by atoms with Crippen molar-refractivity contribution in [2.75, 3.05) is 19.0 Å². The van der Waals surface area contributed by atoms with Crippen LogP contribution in [0.25, 0.3) is 10.9 Å². The number of aliphatic hydroxyl groups excluding tert-OH is 1. The number of alkyl halides is 3. The van der Waals surface area contributed by atoms with Crippen LogP contribution in [-0.2, 0) is 9.53 Å². The van der Waals surface area contributed by atoms with E-state index in [0.29, 0.717) is 42.5 Å². The molecule has 3 heterocycles. The average molecular weight is 582 g/mol. The molecule has 1 atom stereocenters. The van der Waals surface area contributed by atoms with Gasteiger partial charge in [0, 0.05) is 55.0 Å². The number of carbonyl (C=O) groups is 1. The largest absolute Gasteiger partial charge is 0.474 e. The van der Waals surface area contributed by atoms with Crippen LogP contribution in [0.1, 0.15) is 91.0 Å². The van der Waals surface area contributed by atoms with Gasteiger partial charge in [0.2, 0.25) is 17.7 Å². The summed E-state index contributed by atoms with van der Waals surface area (Å²) in [5.41, 5.74) is 0.430. The summed E-state index contributed by atoms with van der Waals surface area (Å²) in [5, 5.41) is 13.4. The van der Waals surface area contributed by atoms with E-state index in [-0.39, 0.29) is 36.6 Å². The SMILES string of the molecule is COCC(=O)N1C(C)(C)CC(Oc2ncc([C@H]3CC[C@H](O)CC3)c3nc(N[C@@H](C)CC(F)(F)F)ncc23)CC1(C)C. The highest BCUT2D eigenvalue weighted by atomic mass is 19.4. The Kier molecular flexibility index (Phi) is 9.04. The van der Waals surface area contributed by atoms with Crippen molar-refractivity contribution in [1.82, 2.24) is 19.9 Å². The fourth-order valence-electron chi connectivity index (χ4n) is 6.78. The number of rotatable bonds is 8. The fourth-order valence-corrected chi connectivity index (χ4v) is 6.78. The van der Waals surface area contributed by atoms with Gasteiger partial charge in [-0.15, -0.1) is 0 Å². The van der Waals surface area contributed by atoms with Crippen LogP contribution in [0.3, 0.4) is 0 Å². The minimum Gasteiger partial charge on any atom is -0.474 e. The third-order valence-corrected chi connectivity index (χ3v) is 8.12. The van der Waals surface area contributed by atoms with E-state index >= 15 is 0 Å². The number of methoxy groups -OCH3 is 1. The van der Waals surface area contributed by atoms with Crippen LogP contribution < -0.4 is 10.1 Å². The molecular weight excluding hydrogens is 539 g/mol. The average Bonchev–Trinajstić information content (AvgIpc) is 2.82. The van der Waals surface area contributed by atoms with E-state index in [1.807, 2.05) is 32.6 Å². The first kappa shape index (κ1) is 31.2. The molecule has 0 aromatic carbocycles. The van der Waals surface area contributed by atoms with Gasteiger partial charge in [0.25, 0.3) is 0 Å². The molecule has 2 aliphatic rings. The molecule has 1 aliphatic heterocycles. The zero-order valence-electron chi connectivity index (χ0n) is 24.7. The minimum atomic E-state index is -4.31. The van der Waals surface area contributed by atoms with Crippen LogP contribution in [0.15, 0.2) is 12.4 Å². The molecule has 2 N–H and O–H groups in total. The number of aromatic nitrogens is 3. The first-order valence-corrected chi connectivity index (χ1v) is 14.3. The number of pyridine rings is 1. The third-order valence-electron chi connectivity index (χ3n) is 8.12. The number of aliphatic hydroxyl groups is 1. The molecule has 228 valence electrons. The molecule has 0 spiro atoms. The van der Waals surface area contributed by atoms with Crippen molar-refractivity contribution in [3.8, 4) is 5.88 Å². The second-order valence-electron chi connectivity index (χ2n) is 12.8. The van der Waals surface area contributed by atoms with Crippen molar-refractivity contribution in [1.29, 1.82) is 0 Å². The van der Waals surface area contributed by atoms with Crippen molar-refractivity contribution in [3.63, 3.8) is 0 Å². The van der Waals surface area contributed by atoms with Gasteiger partial charge in [-0.2, -0.15) is 13.2 Å². The second-order valence-corrected chi connectivity index (χ2v) is 12.8. The lowest BCUT2D eigenvalue weighted by atomic mass is 9.78. The second kappa shape index (κ2) is 11.9. The first-order valence-electron chi connectivity index (χ1n) is 14.3. The van der Waals surface area contributed by atoms with Crippen molar-refractivity contribution in [2.45, 2.75) is 121 Å². The van der Waals surface area contributed by atoms with Gasteiger partial charge in [-0.05, 0) is 66.2 Å². The molecule has 1 saturated carbocycles. The van der Waals surface area contributed by atoms with Crippen LogP contribution in [0, 0.1) is 0 Å². The molecular formula is C29H42F3N5O4. The van der Waals surface area contributed by atoms with Gasteiger partial charge in [-0.25, -0.2) is 15.0 Å². The summed E-state index contributed by atoms with van der Waals surface area (Å²) in [6, 6.07) is -0.909. The van der Waals surface area contributed by atoms with Crippen LogP contribution in [0.2, 0.25) is 0 Å². The highest BCUT2D eigenvalue weighted by Crippen LogP contribution is 2.42. The number of hydrogen-bond acceptors (Lipinski definition) is 8. The Balaban J connectivity index is 1.66. The van der Waals surface area contributed by atoms with E-state index in [1.54, 1.807) is 12.4 Å². The van der Waals surface area contributed by atoms with E-state index in [2.05, 4.69) is 20.3 Å². The fraction of sp³-hybridized carbons (Fsp3) is 0.724. The lowest BCUT2D eigenvalue weighted by Gasteiger charge is -2.54. The number of carbonyl (C=O) groups excluding carboxylic acids is 1. The Bertz CT molecular complexity index is 1210. The predicted octanol–water partition coefficient (Wildman–Crippen LogP) is 5.37. The Labute approximate surface area is 239 Å². The monoisotopic (exact) mass is 581 g/mol. The summed E-state index contributed by atoms with van der Waals surface area (Å²) in [5.74, 6) is 0.476. The van der Waals surface area contributed by atoms with Gasteiger partial charge >= 0.3 is 6.18 Å². The lowest BCUT2D eigenvalue weighted by Crippen LogP contribution is -2.65. The van der Waals surface area contributed by atoms with Crippen molar-refractivity contribution < 1.29 is 32.5 Å². The molecule has 0 bridgehead atoms. The molecule has 2 aromatic rings. The summed E-state index contributed by atoms with van der Waals surface area (Å²) >= 11 is 0. The van der Waals surface area contributed by atoms with Gasteiger partial charge in [-0.3, -0.25) is 4.79 Å². The molecule has 2 fully saturated rings. The van der Waals surface area contributed by atoms with E-state index < -0.39 is 29.7 Å². The standard InChI is InChI=1S/C29H42F3N5O4/c1-17(11-29(30,31)32)35-26-34-15-22-24(36-26)21(18-7-9-19(38)10-8-18)14-33-25(22)41-20-12-27(2,3)37(23(39)16-40-6)28(4,5)13-20/h14-15,17-20,38H,7-13,16H2,1-6H3,(H,34,35,36)/t17-,18-,19-/m0/s1. The van der Waals surface area contributed by atoms with E-state index in [4.69, 9.17) is 9.47 Å². The van der Waals surface area contributed by atoms with Crippen molar-refractivity contribution in [3.05, 3.63) is 18.0 Å². The summed E-state index contributed by atoms with van der Waals surface area (Å²) in [6.45, 7) is 9.47. The zero-order chi connectivity index (χ0) is 30.2. The molecule has 9 nitrogen and oxygen atoms in total. The van der Waals surface area contributed by atoms with Crippen molar-refractivity contribution in [2.24, 2.45) is 0 Å². The molecule has 1 amide bonds. The number of fused-ring (bicyclic) bond motifs is 1. The van der Waals surface area contributed by atoms with Gasteiger partial charge in [-0.1, -0.05) is 0 Å². The van der Waals surface area contributed by atoms with Gasteiger partial charge in [0.05, 0.1) is 23.4 Å². The minimum absolute atomic E-state index is 0.000467. The topological polar surface area (TPSA) is 110 Å². The Morgan fingerprint density at radius 2 is 1.76 bits per heavy atom. The summed E-state index contributed by atoms with van der Waals surface area (Å²) < 4.78 is 50.4. The number of piperidine rings is 1. The lowest BCUT2D eigenvalue weighted by molar-refractivity contribution is -0.157. The van der Waals surface area contributed by atoms with Crippen LogP contribution >= 0.6 is 0 Å². The maximum Gasteiger partial charge on any atom is 0.391 e. The summed E-state index contributed by atoms with van der Waals surface area (Å²) in [6.07, 6.45) is 1.33. The summed E-state index contributed by atoms with van der Waals surface area (Å²) in [7, 11) is 1.50. The number of nitrogens with one attached hydrogen (secondary N) is 1. The van der Waals surface area contributed by atoms with Crippen LogP contribution in [-0.4, -0.2) is 80.1 Å². The quantitative estimate of drug-likeness (QED) is 0.428. The van der Waals surface area contributed by atoms with E-state index in [0.717, 1.165) is 18.4 Å². The number of likely N-dealkylation sites (tertiary alicyclic amines) is 1. The van der Waals surface area contributed by atoms with Gasteiger partial charge < -0.3 is 24.8 Å². The molecule has 1 aliphatic carbocycles. The van der Waals surface area contributed by atoms with Gasteiger partial charge in [0.15, 0.2) is 0 Å². The molecule has 41 heavy (non-hydrogen) atoms. The molecule has 0 radical (unpaired) electrons. The number of ether oxygens (including phenoxy) is 2. The number of amides is 1. The maximum atomic E-state index is 12.9. The van der Waals surface area contributed by atoms with E-state index in [9.17, 15) is 23.1 Å². The Morgan fingerprint density at radius 1 is 1.12 bits per heavy atom. The molecule has 1 saturated heterocycles. The highest BCUT2D eigenvalue weighted by Gasteiger charge is 2.48. The number of nitrogens with zero attached hydrogens (tertiary/aromatic N) is 4.